The quantitative estimate of drug-likeness (QED) is 0.831. The van der Waals surface area contributed by atoms with Gasteiger partial charge >= 0.3 is 0 Å². The van der Waals surface area contributed by atoms with E-state index < -0.39 is 0 Å². The topological polar surface area (TPSA) is 40.6 Å². The van der Waals surface area contributed by atoms with Crippen LogP contribution in [-0.4, -0.2) is 47.8 Å². The van der Waals surface area contributed by atoms with Gasteiger partial charge in [-0.25, -0.2) is 0 Å². The lowest BCUT2D eigenvalue weighted by atomic mass is 9.90. The maximum Gasteiger partial charge on any atom is 0.227 e. The fourth-order valence-electron chi connectivity index (χ4n) is 4.08. The van der Waals surface area contributed by atoms with E-state index in [0.717, 1.165) is 31.5 Å². The number of benzene rings is 1. The largest absolute Gasteiger partial charge is 0.341 e. The number of aryl methyl sites for hydroxylation is 2. The molecule has 0 unspecified atom stereocenters. The van der Waals surface area contributed by atoms with Crippen molar-refractivity contribution in [2.45, 2.75) is 58.8 Å². The van der Waals surface area contributed by atoms with Crippen molar-refractivity contribution in [3.05, 3.63) is 34.9 Å². The molecule has 1 aromatic carbocycles. The van der Waals surface area contributed by atoms with Crippen LogP contribution in [0.15, 0.2) is 18.2 Å². The van der Waals surface area contributed by atoms with E-state index in [0.29, 0.717) is 31.8 Å². The lowest BCUT2D eigenvalue weighted by molar-refractivity contribution is -0.133. The van der Waals surface area contributed by atoms with Crippen molar-refractivity contribution in [1.82, 2.24) is 9.80 Å². The maximum absolute atomic E-state index is 12.8. The summed E-state index contributed by atoms with van der Waals surface area (Å²) in [5.41, 5.74) is 4.03. The SMILES string of the molecule is CC(C)CC(=O)N1CCCN(C(=O)Cc2ccc3c(c2)CCCC3)CC1. The molecule has 0 aromatic heterocycles. The molecule has 0 bridgehead atoms. The summed E-state index contributed by atoms with van der Waals surface area (Å²) < 4.78 is 0. The highest BCUT2D eigenvalue weighted by molar-refractivity contribution is 5.79. The number of carbonyl (C=O) groups is 2. The molecule has 0 saturated carbocycles. The first kappa shape index (κ1) is 18.9. The van der Waals surface area contributed by atoms with Gasteiger partial charge in [0.1, 0.15) is 0 Å². The van der Waals surface area contributed by atoms with Gasteiger partial charge in [0.05, 0.1) is 6.42 Å². The smallest absolute Gasteiger partial charge is 0.227 e. The van der Waals surface area contributed by atoms with Crippen LogP contribution in [0.5, 0.6) is 0 Å². The monoisotopic (exact) mass is 356 g/mol. The van der Waals surface area contributed by atoms with Gasteiger partial charge in [0.15, 0.2) is 0 Å². The third kappa shape index (κ3) is 4.87. The van der Waals surface area contributed by atoms with Crippen molar-refractivity contribution in [2.75, 3.05) is 26.2 Å². The second kappa shape index (κ2) is 8.70. The maximum atomic E-state index is 12.8. The van der Waals surface area contributed by atoms with Crippen LogP contribution in [-0.2, 0) is 28.9 Å². The molecule has 26 heavy (non-hydrogen) atoms. The fraction of sp³-hybridized carbons (Fsp3) is 0.636. The fourth-order valence-corrected chi connectivity index (χ4v) is 4.08. The summed E-state index contributed by atoms with van der Waals surface area (Å²) in [6.07, 6.45) is 6.82. The first-order valence-electron chi connectivity index (χ1n) is 10.2. The van der Waals surface area contributed by atoms with Crippen molar-refractivity contribution in [3.8, 4) is 0 Å². The Bertz CT molecular complexity index is 654. The van der Waals surface area contributed by atoms with Crippen LogP contribution in [0, 0.1) is 5.92 Å². The van der Waals surface area contributed by atoms with Crippen LogP contribution >= 0.6 is 0 Å². The molecule has 0 radical (unpaired) electrons. The van der Waals surface area contributed by atoms with E-state index in [-0.39, 0.29) is 11.8 Å². The summed E-state index contributed by atoms with van der Waals surface area (Å²) in [5.74, 6) is 0.801. The third-order valence-corrected chi connectivity index (χ3v) is 5.55. The van der Waals surface area contributed by atoms with Crippen molar-refractivity contribution >= 4 is 11.8 Å². The lowest BCUT2D eigenvalue weighted by Gasteiger charge is -2.23. The van der Waals surface area contributed by atoms with Crippen molar-refractivity contribution in [1.29, 1.82) is 0 Å². The van der Waals surface area contributed by atoms with Crippen LogP contribution in [0.1, 0.15) is 56.2 Å². The molecular weight excluding hydrogens is 324 g/mol. The number of amides is 2. The molecule has 1 heterocycles. The van der Waals surface area contributed by atoms with E-state index in [1.54, 1.807) is 0 Å². The first-order chi connectivity index (χ1) is 12.5. The van der Waals surface area contributed by atoms with Crippen LogP contribution in [0.2, 0.25) is 0 Å². The average Bonchev–Trinajstić information content (AvgIpc) is 2.87. The Morgan fingerprint density at radius 3 is 2.23 bits per heavy atom. The van der Waals surface area contributed by atoms with E-state index in [1.807, 2.05) is 9.80 Å². The van der Waals surface area contributed by atoms with E-state index in [4.69, 9.17) is 0 Å². The van der Waals surface area contributed by atoms with Gasteiger partial charge in [-0.15, -0.1) is 0 Å². The molecule has 1 aromatic rings. The molecule has 1 aliphatic carbocycles. The summed E-state index contributed by atoms with van der Waals surface area (Å²) in [6.45, 7) is 7.01. The van der Waals surface area contributed by atoms with Crippen molar-refractivity contribution < 1.29 is 9.59 Å². The zero-order valence-corrected chi connectivity index (χ0v) is 16.3. The first-order valence-corrected chi connectivity index (χ1v) is 10.2. The van der Waals surface area contributed by atoms with E-state index in [2.05, 4.69) is 32.0 Å². The van der Waals surface area contributed by atoms with Gasteiger partial charge in [-0.2, -0.15) is 0 Å². The van der Waals surface area contributed by atoms with Crippen molar-refractivity contribution in [3.63, 3.8) is 0 Å². The molecule has 2 aliphatic rings. The Hall–Kier alpha value is -1.84. The third-order valence-electron chi connectivity index (χ3n) is 5.55. The Morgan fingerprint density at radius 1 is 0.885 bits per heavy atom. The van der Waals surface area contributed by atoms with Gasteiger partial charge in [-0.05, 0) is 54.7 Å². The molecule has 0 spiro atoms. The Kier molecular flexibility index (Phi) is 6.33. The van der Waals surface area contributed by atoms with Crippen LogP contribution in [0.25, 0.3) is 0 Å². The number of hydrogen-bond donors (Lipinski definition) is 0. The second-order valence-corrected chi connectivity index (χ2v) is 8.20. The van der Waals surface area contributed by atoms with Crippen LogP contribution in [0.4, 0.5) is 0 Å². The van der Waals surface area contributed by atoms with Gasteiger partial charge in [-0.1, -0.05) is 32.0 Å². The highest BCUT2D eigenvalue weighted by Gasteiger charge is 2.22. The Labute approximate surface area is 157 Å². The molecule has 3 rings (SSSR count). The highest BCUT2D eigenvalue weighted by Crippen LogP contribution is 2.22. The zero-order chi connectivity index (χ0) is 18.5. The minimum Gasteiger partial charge on any atom is -0.341 e. The second-order valence-electron chi connectivity index (χ2n) is 8.20. The molecule has 0 N–H and O–H groups in total. The van der Waals surface area contributed by atoms with Gasteiger partial charge in [0.2, 0.25) is 11.8 Å². The summed E-state index contributed by atoms with van der Waals surface area (Å²) in [4.78, 5) is 28.9. The minimum atomic E-state index is 0.193. The Morgan fingerprint density at radius 2 is 1.54 bits per heavy atom. The van der Waals surface area contributed by atoms with E-state index in [1.165, 1.54) is 30.4 Å². The van der Waals surface area contributed by atoms with Gasteiger partial charge < -0.3 is 9.80 Å². The number of rotatable bonds is 4. The van der Waals surface area contributed by atoms with Crippen LogP contribution in [0.3, 0.4) is 0 Å². The highest BCUT2D eigenvalue weighted by atomic mass is 16.2. The normalized spacial score (nSPS) is 17.8. The molecular formula is C22H32N2O2. The molecule has 4 heteroatoms. The number of carbonyl (C=O) groups excluding carboxylic acids is 2. The molecule has 1 fully saturated rings. The summed E-state index contributed by atoms with van der Waals surface area (Å²) >= 11 is 0. The Balaban J connectivity index is 1.56. The van der Waals surface area contributed by atoms with Crippen LogP contribution < -0.4 is 0 Å². The molecule has 1 saturated heterocycles. The molecule has 4 nitrogen and oxygen atoms in total. The number of fused-ring (bicyclic) bond motifs is 1. The molecule has 142 valence electrons. The summed E-state index contributed by atoms with van der Waals surface area (Å²) in [7, 11) is 0. The van der Waals surface area contributed by atoms with Gasteiger partial charge in [0.25, 0.3) is 0 Å². The molecule has 2 amide bonds. The number of nitrogens with zero attached hydrogens (tertiary/aromatic N) is 2. The predicted molar refractivity (Wildman–Crippen MR) is 104 cm³/mol. The minimum absolute atomic E-state index is 0.193. The van der Waals surface area contributed by atoms with E-state index in [9.17, 15) is 9.59 Å². The zero-order valence-electron chi connectivity index (χ0n) is 16.3. The van der Waals surface area contributed by atoms with E-state index >= 15 is 0 Å². The van der Waals surface area contributed by atoms with Crippen molar-refractivity contribution in [2.24, 2.45) is 5.92 Å². The average molecular weight is 357 g/mol. The standard InChI is InChI=1S/C22H32N2O2/c1-17(2)14-21(25)23-10-5-11-24(13-12-23)22(26)16-18-8-9-19-6-3-4-7-20(19)15-18/h8-9,15,17H,3-7,10-14,16H2,1-2H3. The number of hydrogen-bond acceptors (Lipinski definition) is 2. The molecule has 1 aliphatic heterocycles. The summed E-state index contributed by atoms with van der Waals surface area (Å²) in [6, 6.07) is 6.58. The van der Waals surface area contributed by atoms with Gasteiger partial charge in [0, 0.05) is 32.6 Å². The molecule has 0 atom stereocenters. The van der Waals surface area contributed by atoms with Gasteiger partial charge in [-0.3, -0.25) is 9.59 Å². The summed E-state index contributed by atoms with van der Waals surface area (Å²) in [5, 5.41) is 0. The lowest BCUT2D eigenvalue weighted by Crippen LogP contribution is -2.38. The predicted octanol–water partition coefficient (Wildman–Crippen LogP) is 3.21.